The number of ketones is 1. The van der Waals surface area contributed by atoms with E-state index in [2.05, 4.69) is 0 Å². The quantitative estimate of drug-likeness (QED) is 0.583. The highest BCUT2D eigenvalue weighted by molar-refractivity contribution is 8.00. The molecule has 1 amide bonds. The van der Waals surface area contributed by atoms with Crippen LogP contribution in [0.4, 0.5) is 0 Å². The highest BCUT2D eigenvalue weighted by Crippen LogP contribution is 2.54. The Hall–Kier alpha value is -2.12. The summed E-state index contributed by atoms with van der Waals surface area (Å²) in [4.78, 5) is 38.9. The smallest absolute Gasteiger partial charge is 0.330 e. The molecule has 0 aliphatic carbocycles. The lowest BCUT2D eigenvalue weighted by Crippen LogP contribution is -2.46. The van der Waals surface area contributed by atoms with Crippen LogP contribution in [0.25, 0.3) is 0 Å². The van der Waals surface area contributed by atoms with Gasteiger partial charge >= 0.3 is 5.97 Å². The number of thiophene rings is 1. The van der Waals surface area contributed by atoms with Crippen LogP contribution in [0.1, 0.15) is 28.1 Å². The molecule has 0 saturated carbocycles. The second-order valence-corrected chi connectivity index (χ2v) is 8.49. The Morgan fingerprint density at radius 2 is 2.00 bits per heavy atom. The predicted octanol–water partition coefficient (Wildman–Crippen LogP) is 3.06. The van der Waals surface area contributed by atoms with Crippen LogP contribution < -0.4 is 0 Å². The first-order valence-corrected chi connectivity index (χ1v) is 10.2. The zero-order valence-electron chi connectivity index (χ0n) is 13.9. The summed E-state index contributed by atoms with van der Waals surface area (Å²) in [6, 6.07) is 12.6. The molecule has 3 heterocycles. The van der Waals surface area contributed by atoms with E-state index >= 15 is 0 Å². The topological polar surface area (TPSA) is 63.7 Å². The van der Waals surface area contributed by atoms with Gasteiger partial charge < -0.3 is 9.64 Å². The number of Topliss-reactive ketones (excluding diaryl/α,β-unsaturated/α-hetero) is 1. The van der Waals surface area contributed by atoms with Crippen LogP contribution in [0.15, 0.2) is 47.8 Å². The second-order valence-electron chi connectivity index (χ2n) is 6.25. The van der Waals surface area contributed by atoms with Crippen molar-refractivity contribution in [2.75, 3.05) is 12.4 Å². The van der Waals surface area contributed by atoms with Gasteiger partial charge in [-0.3, -0.25) is 9.59 Å². The fraction of sp³-hybridized carbons (Fsp3) is 0.316. The summed E-state index contributed by atoms with van der Waals surface area (Å²) in [6.45, 7) is -0.291. The number of esters is 1. The lowest BCUT2D eigenvalue weighted by atomic mass is 10.0. The Balaban J connectivity index is 1.50. The van der Waals surface area contributed by atoms with Crippen molar-refractivity contribution in [2.45, 2.75) is 23.8 Å². The summed E-state index contributed by atoms with van der Waals surface area (Å²) in [7, 11) is 0. The van der Waals surface area contributed by atoms with Crippen molar-refractivity contribution >= 4 is 40.8 Å². The number of fused-ring (bicyclic) bond motifs is 1. The van der Waals surface area contributed by atoms with Crippen LogP contribution in [-0.2, 0) is 19.2 Å². The van der Waals surface area contributed by atoms with Gasteiger partial charge in [-0.2, -0.15) is 0 Å². The SMILES string of the molecule is O=C(COC(=O)[C@H]1CS[C@@]2(c3ccccc3)CCC(=O)N12)c1cccs1. The Kier molecular flexibility index (Phi) is 4.58. The Labute approximate surface area is 159 Å². The lowest BCUT2D eigenvalue weighted by Gasteiger charge is -2.33. The van der Waals surface area contributed by atoms with Crippen molar-refractivity contribution in [1.29, 1.82) is 0 Å². The van der Waals surface area contributed by atoms with Gasteiger partial charge in [-0.15, -0.1) is 23.1 Å². The average molecular weight is 387 g/mol. The van der Waals surface area contributed by atoms with E-state index in [1.54, 1.807) is 34.2 Å². The van der Waals surface area contributed by atoms with Gasteiger partial charge in [0.05, 0.1) is 4.88 Å². The molecular formula is C19H17NO4S2. The largest absolute Gasteiger partial charge is 0.456 e. The van der Waals surface area contributed by atoms with Crippen LogP contribution in [0, 0.1) is 0 Å². The fourth-order valence-corrected chi connectivity index (χ4v) is 5.84. The number of rotatable bonds is 5. The highest BCUT2D eigenvalue weighted by Gasteiger charge is 2.57. The van der Waals surface area contributed by atoms with Crippen molar-refractivity contribution in [3.05, 3.63) is 58.3 Å². The molecule has 5 nitrogen and oxygen atoms in total. The summed E-state index contributed by atoms with van der Waals surface area (Å²) < 4.78 is 5.26. The summed E-state index contributed by atoms with van der Waals surface area (Å²) in [5.41, 5.74) is 1.03. The summed E-state index contributed by atoms with van der Waals surface area (Å²) >= 11 is 2.93. The van der Waals surface area contributed by atoms with Crippen LogP contribution in [0.3, 0.4) is 0 Å². The van der Waals surface area contributed by atoms with Gasteiger partial charge in [-0.1, -0.05) is 36.4 Å². The van der Waals surface area contributed by atoms with Gasteiger partial charge in [0, 0.05) is 12.2 Å². The molecule has 0 unspecified atom stereocenters. The molecule has 134 valence electrons. The minimum Gasteiger partial charge on any atom is -0.456 e. The van der Waals surface area contributed by atoms with Crippen molar-refractivity contribution in [2.24, 2.45) is 0 Å². The number of thioether (sulfide) groups is 1. The van der Waals surface area contributed by atoms with Gasteiger partial charge in [0.15, 0.2) is 6.61 Å². The number of carbonyl (C=O) groups excluding carboxylic acids is 3. The molecule has 2 saturated heterocycles. The molecule has 2 aliphatic rings. The van der Waals surface area contributed by atoms with E-state index < -0.39 is 16.9 Å². The molecule has 26 heavy (non-hydrogen) atoms. The molecule has 1 aromatic heterocycles. The standard InChI is InChI=1S/C19H17NO4S2/c21-15(16-7-4-10-25-16)11-24-18(23)14-12-26-19(9-8-17(22)20(14)19)13-5-2-1-3-6-13/h1-7,10,14H,8-9,11-12H2/t14-,19-/m1/s1. The van der Waals surface area contributed by atoms with E-state index in [0.29, 0.717) is 23.5 Å². The highest BCUT2D eigenvalue weighted by atomic mass is 32.2. The minimum atomic E-state index is -0.647. The van der Waals surface area contributed by atoms with Gasteiger partial charge in [0.1, 0.15) is 10.9 Å². The third kappa shape index (κ3) is 2.85. The number of carbonyl (C=O) groups is 3. The third-order valence-corrected chi connectivity index (χ3v) is 7.27. The second kappa shape index (κ2) is 6.89. The maximum absolute atomic E-state index is 12.6. The van der Waals surface area contributed by atoms with E-state index in [0.717, 1.165) is 5.56 Å². The molecule has 2 aliphatic heterocycles. The monoisotopic (exact) mass is 387 g/mol. The number of ether oxygens (including phenoxy) is 1. The van der Waals surface area contributed by atoms with E-state index in [4.69, 9.17) is 4.74 Å². The van der Waals surface area contributed by atoms with E-state index in [9.17, 15) is 14.4 Å². The van der Waals surface area contributed by atoms with Crippen LogP contribution in [0.2, 0.25) is 0 Å². The minimum absolute atomic E-state index is 0.0367. The van der Waals surface area contributed by atoms with Crippen molar-refractivity contribution in [3.63, 3.8) is 0 Å². The van der Waals surface area contributed by atoms with E-state index in [1.165, 1.54) is 11.3 Å². The first-order valence-electron chi connectivity index (χ1n) is 8.37. The van der Waals surface area contributed by atoms with Crippen LogP contribution in [0.5, 0.6) is 0 Å². The predicted molar refractivity (Wildman–Crippen MR) is 100 cm³/mol. The number of nitrogens with zero attached hydrogens (tertiary/aromatic N) is 1. The Morgan fingerprint density at radius 3 is 2.73 bits per heavy atom. The molecule has 0 spiro atoms. The molecule has 2 atom stereocenters. The first kappa shape index (κ1) is 17.3. The van der Waals surface area contributed by atoms with Crippen molar-refractivity contribution in [1.82, 2.24) is 4.90 Å². The molecule has 7 heteroatoms. The molecule has 4 rings (SSSR count). The zero-order valence-corrected chi connectivity index (χ0v) is 15.6. The van der Waals surface area contributed by atoms with E-state index in [1.807, 2.05) is 30.3 Å². The van der Waals surface area contributed by atoms with Gasteiger partial charge in [-0.25, -0.2) is 4.79 Å². The van der Waals surface area contributed by atoms with Crippen LogP contribution in [-0.4, -0.2) is 41.0 Å². The summed E-state index contributed by atoms with van der Waals surface area (Å²) in [5, 5.41) is 1.81. The zero-order chi connectivity index (χ0) is 18.1. The van der Waals surface area contributed by atoms with Gasteiger partial charge in [0.25, 0.3) is 0 Å². The molecule has 0 radical (unpaired) electrons. The average Bonchev–Trinajstić information content (AvgIpc) is 3.38. The molecule has 2 fully saturated rings. The van der Waals surface area contributed by atoms with Crippen molar-refractivity contribution in [3.8, 4) is 0 Å². The van der Waals surface area contributed by atoms with Gasteiger partial charge in [0.2, 0.25) is 11.7 Å². The Morgan fingerprint density at radius 1 is 1.19 bits per heavy atom. The van der Waals surface area contributed by atoms with Crippen molar-refractivity contribution < 1.29 is 19.1 Å². The van der Waals surface area contributed by atoms with E-state index in [-0.39, 0.29) is 18.3 Å². The fourth-order valence-electron chi connectivity index (χ4n) is 3.56. The van der Waals surface area contributed by atoms with Gasteiger partial charge in [-0.05, 0) is 23.4 Å². The number of hydrogen-bond donors (Lipinski definition) is 0. The summed E-state index contributed by atoms with van der Waals surface area (Å²) in [6.07, 6.45) is 1.10. The summed E-state index contributed by atoms with van der Waals surface area (Å²) in [5.74, 6) is -0.283. The molecule has 0 bridgehead atoms. The first-order chi connectivity index (χ1) is 12.6. The normalized spacial score (nSPS) is 24.5. The number of benzene rings is 1. The molecule has 0 N–H and O–H groups in total. The third-order valence-electron chi connectivity index (χ3n) is 4.77. The molecule has 1 aromatic carbocycles. The lowest BCUT2D eigenvalue weighted by molar-refractivity contribution is -0.152. The maximum atomic E-state index is 12.6. The Bertz CT molecular complexity index is 836. The maximum Gasteiger partial charge on any atom is 0.330 e. The number of amides is 1. The number of hydrogen-bond acceptors (Lipinski definition) is 6. The molecular weight excluding hydrogens is 370 g/mol. The van der Waals surface area contributed by atoms with Crippen LogP contribution >= 0.6 is 23.1 Å². The molecule has 2 aromatic rings.